The summed E-state index contributed by atoms with van der Waals surface area (Å²) in [5, 5.41) is 0. The Morgan fingerprint density at radius 2 is 1.92 bits per heavy atom. The number of piperidine rings is 2. The topological polar surface area (TPSA) is 28.5 Å². The van der Waals surface area contributed by atoms with Crippen molar-refractivity contribution in [2.24, 2.45) is 5.41 Å². The lowest BCUT2D eigenvalue weighted by Crippen LogP contribution is -2.53. The highest BCUT2D eigenvalue weighted by molar-refractivity contribution is 5.93. The predicted octanol–water partition coefficient (Wildman–Crippen LogP) is 3.53. The lowest BCUT2D eigenvalue weighted by atomic mass is 9.73. The number of carbonyl (C=O) groups excluding carboxylic acids is 1. The van der Waals surface area contributed by atoms with Crippen molar-refractivity contribution in [3.05, 3.63) is 23.5 Å². The maximum atomic E-state index is 13.3. The van der Waals surface area contributed by atoms with Gasteiger partial charge < -0.3 is 9.80 Å². The van der Waals surface area contributed by atoms with E-state index in [2.05, 4.69) is 11.8 Å². The monoisotopic (exact) mass is 339 g/mol. The molecule has 2 saturated heterocycles. The van der Waals surface area contributed by atoms with Crippen molar-refractivity contribution >= 4 is 5.91 Å². The Labute approximate surface area is 142 Å². The van der Waals surface area contributed by atoms with E-state index in [1.807, 2.05) is 0 Å². The Hall–Kier alpha value is -1.43. The molecule has 4 nitrogen and oxygen atoms in total. The molecule has 1 amide bonds. The Morgan fingerprint density at radius 1 is 1.21 bits per heavy atom. The summed E-state index contributed by atoms with van der Waals surface area (Å²) in [6, 6.07) is 3.13. The molecular weight excluding hydrogens is 312 g/mol. The summed E-state index contributed by atoms with van der Waals surface area (Å²) in [5.74, 6) is -0.254. The van der Waals surface area contributed by atoms with E-state index in [9.17, 15) is 13.6 Å². The van der Waals surface area contributed by atoms with Crippen LogP contribution in [-0.4, -0.2) is 53.0 Å². The summed E-state index contributed by atoms with van der Waals surface area (Å²) in [6.45, 7) is 5.63. The summed E-state index contributed by atoms with van der Waals surface area (Å²) in [5.41, 5.74) is 0.678. The average molecular weight is 339 g/mol. The number of hydrogen-bond acceptors (Lipinski definition) is 2. The molecule has 1 atom stereocenters. The zero-order chi connectivity index (χ0) is 17.3. The number of aryl methyl sites for hydroxylation is 1. The van der Waals surface area contributed by atoms with Crippen LogP contribution in [0.25, 0.3) is 0 Å². The van der Waals surface area contributed by atoms with E-state index in [0.717, 1.165) is 49.9 Å². The van der Waals surface area contributed by atoms with Crippen LogP contribution < -0.4 is 0 Å². The van der Waals surface area contributed by atoms with Gasteiger partial charge in [0.15, 0.2) is 0 Å². The number of rotatable bonds is 3. The van der Waals surface area contributed by atoms with Gasteiger partial charge in [-0.2, -0.15) is 8.78 Å². The van der Waals surface area contributed by atoms with Crippen LogP contribution in [0.3, 0.4) is 0 Å². The number of nitrogens with zero attached hydrogens (tertiary/aromatic N) is 3. The van der Waals surface area contributed by atoms with E-state index in [1.165, 1.54) is 6.07 Å². The molecule has 2 fully saturated rings. The number of halogens is 2. The molecule has 2 aliphatic heterocycles. The molecule has 24 heavy (non-hydrogen) atoms. The van der Waals surface area contributed by atoms with Crippen LogP contribution in [0.5, 0.6) is 0 Å². The van der Waals surface area contributed by atoms with Gasteiger partial charge in [-0.3, -0.25) is 9.36 Å². The van der Waals surface area contributed by atoms with E-state index in [4.69, 9.17) is 0 Å². The van der Waals surface area contributed by atoms with Crippen LogP contribution in [0, 0.1) is 12.3 Å². The molecular formula is C18H27F2N3O. The van der Waals surface area contributed by atoms with Crippen molar-refractivity contribution in [3.8, 4) is 0 Å². The largest absolute Gasteiger partial charge is 0.337 e. The molecule has 0 aromatic carbocycles. The minimum Gasteiger partial charge on any atom is -0.337 e. The van der Waals surface area contributed by atoms with Gasteiger partial charge in [-0.15, -0.1) is 0 Å². The number of aromatic nitrogens is 1. The highest BCUT2D eigenvalue weighted by Crippen LogP contribution is 2.39. The van der Waals surface area contributed by atoms with Gasteiger partial charge >= 0.3 is 6.55 Å². The van der Waals surface area contributed by atoms with Gasteiger partial charge in [-0.05, 0) is 57.8 Å². The van der Waals surface area contributed by atoms with Crippen LogP contribution in [0.1, 0.15) is 55.3 Å². The molecule has 1 spiro atoms. The second-order valence-electron chi connectivity index (χ2n) is 7.31. The molecule has 134 valence electrons. The van der Waals surface area contributed by atoms with E-state index >= 15 is 0 Å². The van der Waals surface area contributed by atoms with Crippen molar-refractivity contribution < 1.29 is 13.6 Å². The number of carbonyl (C=O) groups is 1. The minimum absolute atomic E-state index is 0.114. The molecule has 0 radical (unpaired) electrons. The zero-order valence-corrected chi connectivity index (χ0v) is 14.6. The van der Waals surface area contributed by atoms with Gasteiger partial charge in [0, 0.05) is 30.7 Å². The SMILES string of the molecule is CCN1CCCC2(CCCN(C(=O)c3ccc(C)n3C(F)F)C2)C1. The van der Waals surface area contributed by atoms with Crippen molar-refractivity contribution in [3.63, 3.8) is 0 Å². The summed E-state index contributed by atoms with van der Waals surface area (Å²) in [7, 11) is 0. The zero-order valence-electron chi connectivity index (χ0n) is 14.6. The molecule has 1 unspecified atom stereocenters. The van der Waals surface area contributed by atoms with Crippen LogP contribution in [-0.2, 0) is 0 Å². The van der Waals surface area contributed by atoms with E-state index in [1.54, 1.807) is 17.9 Å². The molecule has 6 heteroatoms. The van der Waals surface area contributed by atoms with Gasteiger partial charge in [0.25, 0.3) is 5.91 Å². The number of likely N-dealkylation sites (tertiary alicyclic amines) is 2. The fourth-order valence-corrected chi connectivity index (χ4v) is 4.44. The first kappa shape index (κ1) is 17.4. The van der Waals surface area contributed by atoms with Crippen LogP contribution in [0.15, 0.2) is 12.1 Å². The molecule has 2 aliphatic rings. The van der Waals surface area contributed by atoms with Crippen molar-refractivity contribution in [1.82, 2.24) is 14.4 Å². The van der Waals surface area contributed by atoms with E-state index in [0.29, 0.717) is 18.8 Å². The van der Waals surface area contributed by atoms with E-state index in [-0.39, 0.29) is 17.0 Å². The summed E-state index contributed by atoms with van der Waals surface area (Å²) >= 11 is 0. The molecule has 3 heterocycles. The highest BCUT2D eigenvalue weighted by atomic mass is 19.3. The van der Waals surface area contributed by atoms with E-state index < -0.39 is 6.55 Å². The molecule has 1 aromatic heterocycles. The molecule has 0 aliphatic carbocycles. The van der Waals surface area contributed by atoms with Crippen molar-refractivity contribution in [2.75, 3.05) is 32.7 Å². The summed E-state index contributed by atoms with van der Waals surface area (Å²) in [6.07, 6.45) is 4.37. The lowest BCUT2D eigenvalue weighted by Gasteiger charge is -2.48. The highest BCUT2D eigenvalue weighted by Gasteiger charge is 2.40. The van der Waals surface area contributed by atoms with Gasteiger partial charge in [-0.25, -0.2) is 0 Å². The minimum atomic E-state index is -2.68. The third-order valence-corrected chi connectivity index (χ3v) is 5.67. The first-order valence-corrected chi connectivity index (χ1v) is 8.93. The third-order valence-electron chi connectivity index (χ3n) is 5.67. The van der Waals surface area contributed by atoms with Crippen molar-refractivity contribution in [1.29, 1.82) is 0 Å². The van der Waals surface area contributed by atoms with Gasteiger partial charge in [0.05, 0.1) is 0 Å². The fourth-order valence-electron chi connectivity index (χ4n) is 4.44. The molecule has 0 N–H and O–H groups in total. The average Bonchev–Trinajstić information content (AvgIpc) is 2.96. The molecule has 0 bridgehead atoms. The first-order valence-electron chi connectivity index (χ1n) is 8.93. The van der Waals surface area contributed by atoms with Gasteiger partial charge in [0.2, 0.25) is 0 Å². The molecule has 3 rings (SSSR count). The Kier molecular flexibility index (Phi) is 4.95. The number of hydrogen-bond donors (Lipinski definition) is 0. The second-order valence-corrected chi connectivity index (χ2v) is 7.31. The number of alkyl halides is 2. The van der Waals surface area contributed by atoms with Crippen LogP contribution >= 0.6 is 0 Å². The Morgan fingerprint density at radius 3 is 2.58 bits per heavy atom. The number of amides is 1. The molecule has 0 saturated carbocycles. The second kappa shape index (κ2) is 6.82. The summed E-state index contributed by atoms with van der Waals surface area (Å²) < 4.78 is 27.4. The Balaban J connectivity index is 1.79. The smallest absolute Gasteiger partial charge is 0.319 e. The maximum absolute atomic E-state index is 13.3. The quantitative estimate of drug-likeness (QED) is 0.843. The van der Waals surface area contributed by atoms with Crippen LogP contribution in [0.2, 0.25) is 0 Å². The van der Waals surface area contributed by atoms with Crippen molar-refractivity contribution in [2.45, 2.75) is 46.1 Å². The first-order chi connectivity index (χ1) is 11.5. The normalized spacial score (nSPS) is 25.6. The Bertz CT molecular complexity index is 597. The lowest BCUT2D eigenvalue weighted by molar-refractivity contribution is 0.0126. The molecule has 1 aromatic rings. The standard InChI is InChI=1S/C18H27F2N3O/c1-3-21-10-4-8-18(12-21)9-5-11-22(13-18)16(24)15-7-6-14(2)23(15)17(19)20/h6-7,17H,3-5,8-13H2,1-2H3. The maximum Gasteiger partial charge on any atom is 0.319 e. The predicted molar refractivity (Wildman–Crippen MR) is 89.3 cm³/mol. The summed E-state index contributed by atoms with van der Waals surface area (Å²) in [4.78, 5) is 17.1. The third kappa shape index (κ3) is 3.21. The van der Waals surface area contributed by atoms with Gasteiger partial charge in [0.1, 0.15) is 5.69 Å². The fraction of sp³-hybridized carbons (Fsp3) is 0.722. The van der Waals surface area contributed by atoms with Crippen LogP contribution in [0.4, 0.5) is 8.78 Å². The van der Waals surface area contributed by atoms with Gasteiger partial charge in [-0.1, -0.05) is 6.92 Å².